The third kappa shape index (κ3) is 1.91. The molecule has 0 saturated heterocycles. The summed E-state index contributed by atoms with van der Waals surface area (Å²) >= 11 is 0. The van der Waals surface area contributed by atoms with Gasteiger partial charge < -0.3 is 10.3 Å². The Hall–Kier alpha value is -3.22. The molecule has 102 valence electrons. The smallest absolute Gasteiger partial charge is 0.280 e. The molecule has 0 saturated carbocycles. The van der Waals surface area contributed by atoms with Crippen molar-refractivity contribution < 1.29 is 0 Å². The number of fused-ring (bicyclic) bond motifs is 2. The molecule has 3 N–H and O–H groups in total. The molecule has 0 unspecified atom stereocenters. The Kier molecular flexibility index (Phi) is 2.43. The molecule has 0 aliphatic rings. The minimum Gasteiger partial charge on any atom is -0.329 e. The molecule has 3 aromatic heterocycles. The Morgan fingerprint density at radius 1 is 1.10 bits per heavy atom. The van der Waals surface area contributed by atoms with Gasteiger partial charge in [0, 0.05) is 11.6 Å². The van der Waals surface area contributed by atoms with E-state index in [2.05, 4.69) is 30.2 Å². The predicted octanol–water partition coefficient (Wildman–Crippen LogP) is 1.94. The molecule has 21 heavy (non-hydrogen) atoms. The maximum atomic E-state index is 11.9. The zero-order chi connectivity index (χ0) is 14.2. The van der Waals surface area contributed by atoms with E-state index in [0.717, 1.165) is 16.6 Å². The van der Waals surface area contributed by atoms with E-state index in [4.69, 9.17) is 0 Å². The van der Waals surface area contributed by atoms with E-state index in [-0.39, 0.29) is 5.56 Å². The number of aromatic nitrogens is 5. The highest BCUT2D eigenvalue weighted by atomic mass is 16.1. The Balaban J connectivity index is 1.84. The van der Waals surface area contributed by atoms with Crippen LogP contribution in [0.2, 0.25) is 0 Å². The molecule has 7 heteroatoms. The van der Waals surface area contributed by atoms with Gasteiger partial charge in [-0.2, -0.15) is 4.98 Å². The second kappa shape index (κ2) is 4.41. The monoisotopic (exact) mass is 278 g/mol. The van der Waals surface area contributed by atoms with Crippen molar-refractivity contribution >= 4 is 33.7 Å². The predicted molar refractivity (Wildman–Crippen MR) is 79.5 cm³/mol. The second-order valence-electron chi connectivity index (χ2n) is 4.51. The lowest BCUT2D eigenvalue weighted by Crippen LogP contribution is -2.11. The number of H-pyrrole nitrogens is 2. The van der Waals surface area contributed by atoms with Gasteiger partial charge in [-0.3, -0.25) is 14.8 Å². The molecule has 0 atom stereocenters. The number of hydrogen-bond acceptors (Lipinski definition) is 5. The number of aromatic amines is 2. The third-order valence-corrected chi connectivity index (χ3v) is 3.19. The summed E-state index contributed by atoms with van der Waals surface area (Å²) in [7, 11) is 0. The van der Waals surface area contributed by atoms with Gasteiger partial charge in [-0.05, 0) is 24.3 Å². The largest absolute Gasteiger partial charge is 0.329 e. The van der Waals surface area contributed by atoms with Gasteiger partial charge in [0.1, 0.15) is 0 Å². The summed E-state index contributed by atoms with van der Waals surface area (Å²) in [5, 5.41) is 4.07. The number of anilines is 2. The van der Waals surface area contributed by atoms with Gasteiger partial charge in [0.25, 0.3) is 5.56 Å². The highest BCUT2D eigenvalue weighted by Crippen LogP contribution is 2.23. The quantitative estimate of drug-likeness (QED) is 0.520. The van der Waals surface area contributed by atoms with Crippen molar-refractivity contribution in [3.63, 3.8) is 0 Å². The van der Waals surface area contributed by atoms with E-state index in [1.54, 1.807) is 6.20 Å². The molecule has 4 aromatic rings. The fraction of sp³-hybridized carbons (Fsp3) is 0. The Bertz CT molecular complexity index is 998. The van der Waals surface area contributed by atoms with Crippen molar-refractivity contribution in [1.29, 1.82) is 0 Å². The normalized spacial score (nSPS) is 11.0. The molecule has 0 aliphatic heterocycles. The molecule has 0 fully saturated rings. The van der Waals surface area contributed by atoms with Crippen molar-refractivity contribution in [2.75, 3.05) is 5.32 Å². The minimum absolute atomic E-state index is 0.290. The Labute approximate surface area is 118 Å². The number of hydrogen-bond donors (Lipinski definition) is 3. The molecule has 1 aromatic carbocycles. The zero-order valence-electron chi connectivity index (χ0n) is 10.8. The number of imidazole rings is 1. The molecule has 0 amide bonds. The fourth-order valence-corrected chi connectivity index (χ4v) is 2.24. The highest BCUT2D eigenvalue weighted by Gasteiger charge is 2.07. The van der Waals surface area contributed by atoms with E-state index in [1.807, 2.05) is 30.3 Å². The lowest BCUT2D eigenvalue weighted by molar-refractivity contribution is 1.15. The average molecular weight is 278 g/mol. The van der Waals surface area contributed by atoms with Gasteiger partial charge in [0.2, 0.25) is 5.95 Å². The summed E-state index contributed by atoms with van der Waals surface area (Å²) in [4.78, 5) is 29.9. The van der Waals surface area contributed by atoms with Crippen LogP contribution in [0.1, 0.15) is 0 Å². The topological polar surface area (TPSA) is 99.4 Å². The van der Waals surface area contributed by atoms with E-state index >= 15 is 0 Å². The molecule has 0 radical (unpaired) electrons. The Morgan fingerprint density at radius 3 is 3.00 bits per heavy atom. The number of rotatable bonds is 2. The molecule has 0 aliphatic carbocycles. The number of pyridine rings is 1. The average Bonchev–Trinajstić information content (AvgIpc) is 2.97. The molecular weight excluding hydrogens is 268 g/mol. The van der Waals surface area contributed by atoms with E-state index in [0.29, 0.717) is 17.1 Å². The summed E-state index contributed by atoms with van der Waals surface area (Å²) in [5.41, 5.74) is 2.14. The van der Waals surface area contributed by atoms with Crippen LogP contribution in [-0.2, 0) is 0 Å². The van der Waals surface area contributed by atoms with Crippen molar-refractivity contribution in [2.24, 2.45) is 0 Å². The maximum absolute atomic E-state index is 11.9. The molecule has 7 nitrogen and oxygen atoms in total. The van der Waals surface area contributed by atoms with Crippen LogP contribution in [0.4, 0.5) is 11.6 Å². The van der Waals surface area contributed by atoms with E-state index < -0.39 is 0 Å². The van der Waals surface area contributed by atoms with Gasteiger partial charge in [0.15, 0.2) is 11.2 Å². The van der Waals surface area contributed by atoms with Crippen molar-refractivity contribution in [3.05, 3.63) is 53.2 Å². The number of nitrogens with one attached hydrogen (secondary N) is 3. The van der Waals surface area contributed by atoms with E-state index in [9.17, 15) is 4.79 Å². The lowest BCUT2D eigenvalue weighted by atomic mass is 10.2. The first-order valence-corrected chi connectivity index (χ1v) is 6.35. The molecule has 0 bridgehead atoms. The van der Waals surface area contributed by atoms with Crippen LogP contribution >= 0.6 is 0 Å². The summed E-state index contributed by atoms with van der Waals surface area (Å²) in [6.07, 6.45) is 3.18. The lowest BCUT2D eigenvalue weighted by Gasteiger charge is -2.08. The van der Waals surface area contributed by atoms with Crippen LogP contribution < -0.4 is 10.9 Å². The Morgan fingerprint density at radius 2 is 2.05 bits per heavy atom. The van der Waals surface area contributed by atoms with Crippen LogP contribution in [0.5, 0.6) is 0 Å². The van der Waals surface area contributed by atoms with Gasteiger partial charge in [-0.1, -0.05) is 6.07 Å². The molecule has 0 spiro atoms. The molecule has 4 rings (SSSR count). The fourth-order valence-electron chi connectivity index (χ4n) is 2.24. The molecule has 3 heterocycles. The zero-order valence-corrected chi connectivity index (χ0v) is 10.8. The summed E-state index contributed by atoms with van der Waals surface area (Å²) in [6, 6.07) is 9.54. The maximum Gasteiger partial charge on any atom is 0.280 e. The first kappa shape index (κ1) is 11.6. The van der Waals surface area contributed by atoms with Crippen molar-refractivity contribution in [1.82, 2.24) is 24.9 Å². The highest BCUT2D eigenvalue weighted by molar-refractivity contribution is 5.92. The number of nitrogens with zero attached hydrogens (tertiary/aromatic N) is 3. The van der Waals surface area contributed by atoms with Gasteiger partial charge in [-0.15, -0.1) is 0 Å². The second-order valence-corrected chi connectivity index (χ2v) is 4.51. The van der Waals surface area contributed by atoms with Gasteiger partial charge in [-0.25, -0.2) is 4.98 Å². The standard InChI is InChI=1S/C14H10N6O/c21-13-11-12(17-7-16-11)19-14(20-13)18-10-5-1-4-9-8(10)3-2-6-15-9/h1-7H,(H3,16,17,18,19,20,21). The number of benzene rings is 1. The van der Waals surface area contributed by atoms with E-state index in [1.165, 1.54) is 6.33 Å². The van der Waals surface area contributed by atoms with Crippen LogP contribution in [0.25, 0.3) is 22.1 Å². The van der Waals surface area contributed by atoms with Crippen LogP contribution in [0, 0.1) is 0 Å². The first-order valence-electron chi connectivity index (χ1n) is 6.35. The van der Waals surface area contributed by atoms with Crippen molar-refractivity contribution in [2.45, 2.75) is 0 Å². The minimum atomic E-state index is -0.290. The van der Waals surface area contributed by atoms with Crippen LogP contribution in [0.15, 0.2) is 47.7 Å². The first-order chi connectivity index (χ1) is 10.3. The summed E-state index contributed by atoms with van der Waals surface area (Å²) in [5.74, 6) is 0.355. The summed E-state index contributed by atoms with van der Waals surface area (Å²) in [6.45, 7) is 0. The third-order valence-electron chi connectivity index (χ3n) is 3.19. The molecular formula is C14H10N6O. The van der Waals surface area contributed by atoms with Crippen LogP contribution in [-0.4, -0.2) is 24.9 Å². The van der Waals surface area contributed by atoms with Crippen molar-refractivity contribution in [3.8, 4) is 0 Å². The SMILES string of the molecule is O=c1[nH]c(Nc2cccc3ncccc23)nc2[nH]cnc12. The van der Waals surface area contributed by atoms with Crippen LogP contribution in [0.3, 0.4) is 0 Å². The van der Waals surface area contributed by atoms with Gasteiger partial charge in [0.05, 0.1) is 17.5 Å². The van der Waals surface area contributed by atoms with Gasteiger partial charge >= 0.3 is 0 Å². The summed E-state index contributed by atoms with van der Waals surface area (Å²) < 4.78 is 0.